The normalized spacial score (nSPS) is 11.0. The van der Waals surface area contributed by atoms with Crippen LogP contribution in [0.1, 0.15) is 13.3 Å². The van der Waals surface area contributed by atoms with Gasteiger partial charge in [-0.2, -0.15) is 0 Å². The van der Waals surface area contributed by atoms with E-state index in [1.165, 1.54) is 24.1 Å². The van der Waals surface area contributed by atoms with E-state index in [1.54, 1.807) is 0 Å². The van der Waals surface area contributed by atoms with Crippen molar-refractivity contribution in [3.63, 3.8) is 0 Å². The molecule has 27 heavy (non-hydrogen) atoms. The number of halogens is 3. The predicted molar refractivity (Wildman–Crippen MR) is 91.1 cm³/mol. The quantitative estimate of drug-likeness (QED) is 0.627. The fourth-order valence-electron chi connectivity index (χ4n) is 1.94. The molecule has 0 spiro atoms. The molecule has 1 rings (SSSR count). The summed E-state index contributed by atoms with van der Waals surface area (Å²) in [5, 5.41) is 7.08. The van der Waals surface area contributed by atoms with Crippen molar-refractivity contribution in [2.45, 2.75) is 19.7 Å². The lowest BCUT2D eigenvalue weighted by atomic mass is 10.3. The van der Waals surface area contributed by atoms with E-state index in [9.17, 15) is 27.6 Å². The van der Waals surface area contributed by atoms with Gasteiger partial charge in [0, 0.05) is 12.2 Å². The number of alkyl halides is 3. The average molecular weight is 390 g/mol. The van der Waals surface area contributed by atoms with Gasteiger partial charge in [-0.15, -0.1) is 13.2 Å². The molecule has 4 amide bonds. The van der Waals surface area contributed by atoms with Crippen LogP contribution in [0.2, 0.25) is 0 Å². The highest BCUT2D eigenvalue weighted by Gasteiger charge is 2.30. The van der Waals surface area contributed by atoms with Gasteiger partial charge in [-0.1, -0.05) is 6.92 Å². The fraction of sp³-hybridized carbons (Fsp3) is 0.438. The largest absolute Gasteiger partial charge is 0.573 e. The molecule has 11 heteroatoms. The molecule has 0 saturated heterocycles. The number of benzene rings is 1. The van der Waals surface area contributed by atoms with Crippen LogP contribution in [-0.4, -0.2) is 55.8 Å². The first-order chi connectivity index (χ1) is 12.6. The lowest BCUT2D eigenvalue weighted by Crippen LogP contribution is -2.45. The molecule has 0 heterocycles. The summed E-state index contributed by atoms with van der Waals surface area (Å²) in [7, 11) is 1.50. The zero-order valence-electron chi connectivity index (χ0n) is 14.9. The van der Waals surface area contributed by atoms with Gasteiger partial charge >= 0.3 is 12.4 Å². The van der Waals surface area contributed by atoms with E-state index < -0.39 is 30.0 Å². The first-order valence-electron chi connectivity index (χ1n) is 8.01. The van der Waals surface area contributed by atoms with Crippen LogP contribution in [-0.2, 0) is 9.59 Å². The number of carbonyl (C=O) groups excluding carboxylic acids is 3. The Morgan fingerprint density at radius 2 is 1.67 bits per heavy atom. The maximum atomic E-state index is 12.1. The Morgan fingerprint density at radius 3 is 2.22 bits per heavy atom. The van der Waals surface area contributed by atoms with Gasteiger partial charge in [0.15, 0.2) is 0 Å². The molecule has 1 aromatic rings. The summed E-state index contributed by atoms with van der Waals surface area (Å²) in [4.78, 5) is 36.3. The molecular formula is C16H21F3N4O4. The number of imide groups is 1. The standard InChI is InChI=1S/C16H21F3N4O4/c1-3-8-20-15(26)22-14(25)10-23(2)9-13(24)21-11-4-6-12(7-5-11)27-16(17,18)19/h4-7H,3,8-10H2,1-2H3,(H,21,24)(H2,20,22,25,26). The molecule has 0 aliphatic heterocycles. The van der Waals surface area contributed by atoms with Crippen LogP contribution in [0.3, 0.4) is 0 Å². The number of urea groups is 1. The maximum Gasteiger partial charge on any atom is 0.573 e. The van der Waals surface area contributed by atoms with Crippen molar-refractivity contribution < 1.29 is 32.3 Å². The average Bonchev–Trinajstić information content (AvgIpc) is 2.52. The lowest BCUT2D eigenvalue weighted by molar-refractivity contribution is -0.274. The van der Waals surface area contributed by atoms with Gasteiger partial charge in [0.25, 0.3) is 0 Å². The molecule has 8 nitrogen and oxygen atoms in total. The molecule has 0 unspecified atom stereocenters. The van der Waals surface area contributed by atoms with E-state index >= 15 is 0 Å². The van der Waals surface area contributed by atoms with Crippen molar-refractivity contribution in [3.05, 3.63) is 24.3 Å². The van der Waals surface area contributed by atoms with Gasteiger partial charge in [-0.25, -0.2) is 4.79 Å². The molecule has 0 atom stereocenters. The first kappa shape index (κ1) is 22.2. The highest BCUT2D eigenvalue weighted by Crippen LogP contribution is 2.23. The van der Waals surface area contributed by atoms with Gasteiger partial charge in [0.05, 0.1) is 13.1 Å². The fourth-order valence-corrected chi connectivity index (χ4v) is 1.94. The maximum absolute atomic E-state index is 12.1. The number of nitrogens with zero attached hydrogens (tertiary/aromatic N) is 1. The summed E-state index contributed by atoms with van der Waals surface area (Å²) >= 11 is 0. The Kier molecular flexibility index (Phi) is 8.52. The predicted octanol–water partition coefficient (Wildman–Crippen LogP) is 1.69. The third kappa shape index (κ3) is 10.0. The molecule has 1 aromatic carbocycles. The van der Waals surface area contributed by atoms with E-state index in [-0.39, 0.29) is 18.8 Å². The van der Waals surface area contributed by atoms with E-state index in [0.717, 1.165) is 18.6 Å². The van der Waals surface area contributed by atoms with Gasteiger partial charge in [-0.05, 0) is 37.7 Å². The van der Waals surface area contributed by atoms with Crippen LogP contribution in [0.25, 0.3) is 0 Å². The van der Waals surface area contributed by atoms with Crippen LogP contribution in [0.15, 0.2) is 24.3 Å². The third-order valence-corrected chi connectivity index (χ3v) is 2.99. The summed E-state index contributed by atoms with van der Waals surface area (Å²) in [6.07, 6.45) is -4.06. The Morgan fingerprint density at radius 1 is 1.07 bits per heavy atom. The molecule has 3 N–H and O–H groups in total. The van der Waals surface area contributed by atoms with Gasteiger partial charge < -0.3 is 15.4 Å². The first-order valence-corrected chi connectivity index (χ1v) is 8.01. The Balaban J connectivity index is 2.40. The zero-order valence-corrected chi connectivity index (χ0v) is 14.9. The van der Waals surface area contributed by atoms with Crippen molar-refractivity contribution in [1.82, 2.24) is 15.5 Å². The number of hydrogen-bond acceptors (Lipinski definition) is 5. The molecule has 0 radical (unpaired) electrons. The number of likely N-dealkylation sites (N-methyl/N-ethyl adjacent to an activating group) is 1. The van der Waals surface area contributed by atoms with Crippen LogP contribution < -0.4 is 20.7 Å². The number of anilines is 1. The van der Waals surface area contributed by atoms with Crippen molar-refractivity contribution >= 4 is 23.5 Å². The number of hydrogen-bond donors (Lipinski definition) is 3. The Hall–Kier alpha value is -2.82. The molecule has 0 bridgehead atoms. The highest BCUT2D eigenvalue weighted by atomic mass is 19.4. The Bertz CT molecular complexity index is 650. The minimum Gasteiger partial charge on any atom is -0.406 e. The van der Waals surface area contributed by atoms with E-state index in [4.69, 9.17) is 0 Å². The minimum atomic E-state index is -4.79. The van der Waals surface area contributed by atoms with Crippen molar-refractivity contribution in [2.75, 3.05) is 32.0 Å². The monoisotopic (exact) mass is 390 g/mol. The topological polar surface area (TPSA) is 99.8 Å². The number of nitrogens with one attached hydrogen (secondary N) is 3. The summed E-state index contributed by atoms with van der Waals surface area (Å²) in [6, 6.07) is 4.03. The second-order valence-corrected chi connectivity index (χ2v) is 5.60. The molecule has 0 aliphatic rings. The van der Waals surface area contributed by atoms with Gasteiger partial charge in [0.1, 0.15) is 5.75 Å². The number of carbonyl (C=O) groups is 3. The molecule has 150 valence electrons. The van der Waals surface area contributed by atoms with E-state index in [2.05, 4.69) is 20.7 Å². The molecule has 0 aliphatic carbocycles. The van der Waals surface area contributed by atoms with E-state index in [1.807, 2.05) is 6.92 Å². The van der Waals surface area contributed by atoms with Crippen LogP contribution in [0.4, 0.5) is 23.7 Å². The Labute approximate surface area is 154 Å². The number of amides is 4. The molecule has 0 fully saturated rings. The molecular weight excluding hydrogens is 369 g/mol. The van der Waals surface area contributed by atoms with Crippen LogP contribution in [0.5, 0.6) is 5.75 Å². The lowest BCUT2D eigenvalue weighted by Gasteiger charge is -2.16. The number of ether oxygens (including phenoxy) is 1. The smallest absolute Gasteiger partial charge is 0.406 e. The van der Waals surface area contributed by atoms with Crippen LogP contribution in [0, 0.1) is 0 Å². The van der Waals surface area contributed by atoms with Crippen molar-refractivity contribution in [1.29, 1.82) is 0 Å². The van der Waals surface area contributed by atoms with E-state index in [0.29, 0.717) is 6.54 Å². The number of rotatable bonds is 8. The summed E-state index contributed by atoms with van der Waals surface area (Å²) < 4.78 is 40.0. The summed E-state index contributed by atoms with van der Waals surface area (Å²) in [6.45, 7) is 1.95. The van der Waals surface area contributed by atoms with Crippen molar-refractivity contribution in [2.24, 2.45) is 0 Å². The minimum absolute atomic E-state index is 0.162. The zero-order chi connectivity index (χ0) is 20.4. The molecule has 0 saturated carbocycles. The van der Waals surface area contributed by atoms with Crippen LogP contribution >= 0.6 is 0 Å². The highest BCUT2D eigenvalue weighted by molar-refractivity contribution is 5.96. The summed E-state index contributed by atoms with van der Waals surface area (Å²) in [5.41, 5.74) is 0.270. The molecule has 0 aromatic heterocycles. The second-order valence-electron chi connectivity index (χ2n) is 5.60. The second kappa shape index (κ2) is 10.4. The SMILES string of the molecule is CCCNC(=O)NC(=O)CN(C)CC(=O)Nc1ccc(OC(F)(F)F)cc1. The van der Waals surface area contributed by atoms with Crippen molar-refractivity contribution in [3.8, 4) is 5.75 Å². The third-order valence-electron chi connectivity index (χ3n) is 2.99. The van der Waals surface area contributed by atoms with Gasteiger partial charge in [-0.3, -0.25) is 19.8 Å². The van der Waals surface area contributed by atoms with Gasteiger partial charge in [0.2, 0.25) is 11.8 Å². The summed E-state index contributed by atoms with van der Waals surface area (Å²) in [5.74, 6) is -1.46.